The summed E-state index contributed by atoms with van der Waals surface area (Å²) in [5, 5.41) is 0. The van der Waals surface area contributed by atoms with Crippen LogP contribution in [0.2, 0.25) is 0 Å². The number of carbonyl (C=O) groups is 2. The Bertz CT molecular complexity index is 1050. The van der Waals surface area contributed by atoms with Crippen molar-refractivity contribution in [2.75, 3.05) is 18.1 Å². The number of anilines is 2. The fraction of sp³-hybridized carbons (Fsp3) is 0.360. The van der Waals surface area contributed by atoms with E-state index >= 15 is 0 Å². The van der Waals surface area contributed by atoms with Gasteiger partial charge in [0.2, 0.25) is 0 Å². The first-order valence-electron chi connectivity index (χ1n) is 11.1. The third-order valence-electron chi connectivity index (χ3n) is 5.48. The van der Waals surface area contributed by atoms with Gasteiger partial charge in [-0.05, 0) is 61.6 Å². The number of nitrogens with two attached hydrogens (primary N) is 2. The maximum absolute atomic E-state index is 12.4. The SMILES string of the molecule is Nc1ccc(COC(=O)C=Cc2ccc(C(=O)OC3CCC(OCC(F)(F)F)CC3)cc2)c(N)c1. The highest BCUT2D eigenvalue weighted by molar-refractivity contribution is 5.90. The third-order valence-corrected chi connectivity index (χ3v) is 5.48. The van der Waals surface area contributed by atoms with E-state index in [-0.39, 0.29) is 12.7 Å². The van der Waals surface area contributed by atoms with Crippen molar-refractivity contribution in [2.45, 2.75) is 50.7 Å². The molecule has 0 heterocycles. The van der Waals surface area contributed by atoms with Crippen LogP contribution in [0.1, 0.15) is 47.2 Å². The molecule has 0 aromatic heterocycles. The zero-order valence-electron chi connectivity index (χ0n) is 18.9. The van der Waals surface area contributed by atoms with Gasteiger partial charge >= 0.3 is 18.1 Å². The number of rotatable bonds is 8. The van der Waals surface area contributed by atoms with Gasteiger partial charge in [-0.2, -0.15) is 13.2 Å². The molecule has 1 aliphatic carbocycles. The van der Waals surface area contributed by atoms with Crippen molar-refractivity contribution in [3.8, 4) is 0 Å². The first-order chi connectivity index (χ1) is 16.6. The number of nitrogen functional groups attached to an aromatic ring is 2. The number of ether oxygens (including phenoxy) is 3. The topological polar surface area (TPSA) is 114 Å². The van der Waals surface area contributed by atoms with Crippen molar-refractivity contribution in [1.29, 1.82) is 0 Å². The summed E-state index contributed by atoms with van der Waals surface area (Å²) in [5.41, 5.74) is 14.1. The molecule has 7 nitrogen and oxygen atoms in total. The van der Waals surface area contributed by atoms with E-state index in [0.717, 1.165) is 0 Å². The average Bonchev–Trinajstić information content (AvgIpc) is 2.81. The van der Waals surface area contributed by atoms with Crippen LogP contribution >= 0.6 is 0 Å². The molecule has 0 aliphatic heterocycles. The number of hydrogen-bond acceptors (Lipinski definition) is 7. The third kappa shape index (κ3) is 8.64. The van der Waals surface area contributed by atoms with E-state index in [4.69, 9.17) is 25.7 Å². The lowest BCUT2D eigenvalue weighted by Crippen LogP contribution is -2.30. The quantitative estimate of drug-likeness (QED) is 0.313. The molecule has 0 amide bonds. The Morgan fingerprint density at radius 2 is 1.63 bits per heavy atom. The lowest BCUT2D eigenvalue weighted by Gasteiger charge is -2.28. The Morgan fingerprint density at radius 3 is 2.26 bits per heavy atom. The molecule has 4 N–H and O–H groups in total. The zero-order chi connectivity index (χ0) is 25.4. The Balaban J connectivity index is 1.42. The minimum Gasteiger partial charge on any atom is -0.459 e. The molecule has 0 atom stereocenters. The molecule has 0 bridgehead atoms. The van der Waals surface area contributed by atoms with E-state index in [1.807, 2.05) is 0 Å². The van der Waals surface area contributed by atoms with Crippen molar-refractivity contribution in [3.63, 3.8) is 0 Å². The van der Waals surface area contributed by atoms with Crippen LogP contribution in [0.25, 0.3) is 6.08 Å². The molecule has 10 heteroatoms. The van der Waals surface area contributed by atoms with Crippen molar-refractivity contribution in [3.05, 3.63) is 65.2 Å². The molecule has 1 aliphatic rings. The van der Waals surface area contributed by atoms with E-state index in [9.17, 15) is 22.8 Å². The number of benzene rings is 2. The van der Waals surface area contributed by atoms with Gasteiger partial charge in [0.1, 0.15) is 19.3 Å². The lowest BCUT2D eigenvalue weighted by molar-refractivity contribution is -0.189. The van der Waals surface area contributed by atoms with Gasteiger partial charge < -0.3 is 25.7 Å². The van der Waals surface area contributed by atoms with Crippen LogP contribution in [0.15, 0.2) is 48.5 Å². The summed E-state index contributed by atoms with van der Waals surface area (Å²) in [6.45, 7) is -1.26. The second kappa shape index (κ2) is 11.7. The first-order valence-corrected chi connectivity index (χ1v) is 11.1. The monoisotopic (exact) mass is 492 g/mol. The molecule has 0 radical (unpaired) electrons. The summed E-state index contributed by atoms with van der Waals surface area (Å²) in [6.07, 6.45) is -0.690. The highest BCUT2D eigenvalue weighted by atomic mass is 19.4. The molecule has 2 aromatic rings. The standard InChI is InChI=1S/C25H27F3N2O5/c26-25(27,28)15-34-20-8-10-21(11-9-20)35-24(32)17-4-1-16(2-5-17)3-12-23(31)33-14-18-6-7-19(29)13-22(18)30/h1-7,12-13,20-21H,8-11,14-15,29-30H2. The van der Waals surface area contributed by atoms with Crippen molar-refractivity contribution >= 4 is 29.4 Å². The summed E-state index contributed by atoms with van der Waals surface area (Å²) >= 11 is 0. The fourth-order valence-corrected chi connectivity index (χ4v) is 3.58. The minimum atomic E-state index is -4.35. The van der Waals surface area contributed by atoms with Gasteiger partial charge in [-0.3, -0.25) is 0 Å². The lowest BCUT2D eigenvalue weighted by atomic mass is 9.95. The minimum absolute atomic E-state index is 0.0103. The van der Waals surface area contributed by atoms with Gasteiger partial charge in [0.05, 0.1) is 11.7 Å². The van der Waals surface area contributed by atoms with Gasteiger partial charge in [-0.1, -0.05) is 18.2 Å². The second-order valence-corrected chi connectivity index (χ2v) is 8.25. The summed E-state index contributed by atoms with van der Waals surface area (Å²) in [6, 6.07) is 11.4. The Labute approximate surface area is 200 Å². The number of halogens is 3. The summed E-state index contributed by atoms with van der Waals surface area (Å²) in [4.78, 5) is 24.3. The average molecular weight is 492 g/mol. The van der Waals surface area contributed by atoms with Gasteiger partial charge in [0.15, 0.2) is 0 Å². The van der Waals surface area contributed by atoms with E-state index < -0.39 is 30.8 Å². The van der Waals surface area contributed by atoms with Gasteiger partial charge in [-0.25, -0.2) is 9.59 Å². The highest BCUT2D eigenvalue weighted by Gasteiger charge is 2.31. The Kier molecular flexibility index (Phi) is 8.75. The molecule has 35 heavy (non-hydrogen) atoms. The molecule has 3 rings (SSSR count). The van der Waals surface area contributed by atoms with Crippen LogP contribution in [0.4, 0.5) is 24.5 Å². The largest absolute Gasteiger partial charge is 0.459 e. The summed E-state index contributed by atoms with van der Waals surface area (Å²) < 4.78 is 52.3. The maximum Gasteiger partial charge on any atom is 0.411 e. The molecular weight excluding hydrogens is 465 g/mol. The molecule has 2 aromatic carbocycles. The fourth-order valence-electron chi connectivity index (χ4n) is 3.58. The van der Waals surface area contributed by atoms with E-state index in [2.05, 4.69) is 0 Å². The molecule has 0 saturated heterocycles. The van der Waals surface area contributed by atoms with Crippen LogP contribution in [-0.2, 0) is 25.6 Å². The summed E-state index contributed by atoms with van der Waals surface area (Å²) in [7, 11) is 0. The van der Waals surface area contributed by atoms with Crippen LogP contribution in [-0.4, -0.2) is 36.9 Å². The van der Waals surface area contributed by atoms with Crippen LogP contribution < -0.4 is 11.5 Å². The van der Waals surface area contributed by atoms with Crippen molar-refractivity contribution in [2.24, 2.45) is 0 Å². The maximum atomic E-state index is 12.4. The number of esters is 2. The van der Waals surface area contributed by atoms with Crippen LogP contribution in [0, 0.1) is 0 Å². The first kappa shape index (κ1) is 26.1. The summed E-state index contributed by atoms with van der Waals surface area (Å²) in [5.74, 6) is -1.07. The Hall–Kier alpha value is -3.53. The molecule has 1 fully saturated rings. The van der Waals surface area contributed by atoms with Gasteiger partial charge in [-0.15, -0.1) is 0 Å². The number of hydrogen-bond donors (Lipinski definition) is 2. The van der Waals surface area contributed by atoms with E-state index in [0.29, 0.717) is 53.7 Å². The number of alkyl halides is 3. The zero-order valence-corrected chi connectivity index (χ0v) is 18.9. The molecule has 188 valence electrons. The number of carbonyl (C=O) groups excluding carboxylic acids is 2. The van der Waals surface area contributed by atoms with E-state index in [1.165, 1.54) is 6.08 Å². The van der Waals surface area contributed by atoms with Crippen molar-refractivity contribution < 1.29 is 37.0 Å². The second-order valence-electron chi connectivity index (χ2n) is 8.25. The van der Waals surface area contributed by atoms with Gasteiger partial charge in [0, 0.05) is 23.0 Å². The molecule has 0 unspecified atom stereocenters. The van der Waals surface area contributed by atoms with Crippen molar-refractivity contribution in [1.82, 2.24) is 0 Å². The molecule has 1 saturated carbocycles. The predicted octanol–water partition coefficient (Wildman–Crippen LogP) is 4.65. The Morgan fingerprint density at radius 1 is 0.971 bits per heavy atom. The molecular formula is C25H27F3N2O5. The van der Waals surface area contributed by atoms with Gasteiger partial charge in [0.25, 0.3) is 0 Å². The predicted molar refractivity (Wildman–Crippen MR) is 124 cm³/mol. The van der Waals surface area contributed by atoms with E-state index in [1.54, 1.807) is 48.5 Å². The normalized spacial score (nSPS) is 18.4. The molecule has 0 spiro atoms. The smallest absolute Gasteiger partial charge is 0.411 e. The van der Waals surface area contributed by atoms with Crippen LogP contribution in [0.5, 0.6) is 0 Å². The van der Waals surface area contributed by atoms with Crippen LogP contribution in [0.3, 0.4) is 0 Å². The highest BCUT2D eigenvalue weighted by Crippen LogP contribution is 2.26.